The van der Waals surface area contributed by atoms with Crippen LogP contribution in [-0.4, -0.2) is 59.6 Å². The summed E-state index contributed by atoms with van der Waals surface area (Å²) in [5.41, 5.74) is 0. The summed E-state index contributed by atoms with van der Waals surface area (Å²) in [4.78, 5) is 16.2. The first-order valence-electron chi connectivity index (χ1n) is 7.66. The fraction of sp³-hybridized carbons (Fsp3) is 0.933. The number of rotatable bonds is 4. The summed E-state index contributed by atoms with van der Waals surface area (Å²) < 4.78 is 0. The van der Waals surface area contributed by atoms with E-state index in [4.69, 9.17) is 0 Å². The van der Waals surface area contributed by atoms with Gasteiger partial charge >= 0.3 is 5.97 Å². The molecular weight excluding hydrogens is 240 g/mol. The van der Waals surface area contributed by atoms with Gasteiger partial charge < -0.3 is 10.0 Å². The van der Waals surface area contributed by atoms with E-state index in [-0.39, 0.29) is 5.92 Å². The third kappa shape index (κ3) is 3.69. The SMILES string of the molecule is CC(C)CN1CCC(N2CC(C)C(C(=O)O)C2)CC1. The molecule has 2 saturated heterocycles. The van der Waals surface area contributed by atoms with Crippen molar-refractivity contribution in [1.29, 1.82) is 0 Å². The van der Waals surface area contributed by atoms with Crippen LogP contribution in [0.15, 0.2) is 0 Å². The molecule has 2 heterocycles. The Morgan fingerprint density at radius 2 is 1.89 bits per heavy atom. The molecule has 2 rings (SSSR count). The quantitative estimate of drug-likeness (QED) is 0.844. The summed E-state index contributed by atoms with van der Waals surface area (Å²) in [5.74, 6) is 0.256. The fourth-order valence-corrected chi connectivity index (χ4v) is 3.61. The minimum absolute atomic E-state index is 0.159. The summed E-state index contributed by atoms with van der Waals surface area (Å²) in [7, 11) is 0. The monoisotopic (exact) mass is 268 g/mol. The van der Waals surface area contributed by atoms with Crippen LogP contribution in [0.25, 0.3) is 0 Å². The Bertz CT molecular complexity index is 311. The predicted octanol–water partition coefficient (Wildman–Crippen LogP) is 1.76. The molecular formula is C15H28N2O2. The zero-order valence-electron chi connectivity index (χ0n) is 12.5. The second-order valence-electron chi connectivity index (χ2n) is 6.80. The van der Waals surface area contributed by atoms with Crippen molar-refractivity contribution < 1.29 is 9.90 Å². The molecule has 0 saturated carbocycles. The first-order valence-corrected chi connectivity index (χ1v) is 7.66. The lowest BCUT2D eigenvalue weighted by Crippen LogP contribution is -2.45. The average molecular weight is 268 g/mol. The van der Waals surface area contributed by atoms with Crippen molar-refractivity contribution in [2.75, 3.05) is 32.7 Å². The Balaban J connectivity index is 1.81. The first-order chi connectivity index (χ1) is 8.97. The molecule has 0 bridgehead atoms. The van der Waals surface area contributed by atoms with Gasteiger partial charge in [0.25, 0.3) is 0 Å². The van der Waals surface area contributed by atoms with Crippen molar-refractivity contribution in [3.63, 3.8) is 0 Å². The summed E-state index contributed by atoms with van der Waals surface area (Å²) in [6, 6.07) is 0.607. The molecule has 0 amide bonds. The molecule has 0 aromatic heterocycles. The van der Waals surface area contributed by atoms with Crippen LogP contribution in [0, 0.1) is 17.8 Å². The molecule has 4 heteroatoms. The molecule has 110 valence electrons. The lowest BCUT2D eigenvalue weighted by Gasteiger charge is -2.37. The van der Waals surface area contributed by atoms with E-state index < -0.39 is 5.97 Å². The number of carbonyl (C=O) groups is 1. The van der Waals surface area contributed by atoms with Gasteiger partial charge in [-0.2, -0.15) is 0 Å². The number of hydrogen-bond donors (Lipinski definition) is 1. The van der Waals surface area contributed by atoms with Crippen molar-refractivity contribution in [2.45, 2.75) is 39.7 Å². The normalized spacial score (nSPS) is 31.2. The summed E-state index contributed by atoms with van der Waals surface area (Å²) in [5, 5.41) is 9.21. The number of piperidine rings is 1. The topological polar surface area (TPSA) is 43.8 Å². The van der Waals surface area contributed by atoms with Crippen LogP contribution in [-0.2, 0) is 4.79 Å². The molecule has 0 aromatic rings. The van der Waals surface area contributed by atoms with Gasteiger partial charge in [-0.25, -0.2) is 0 Å². The van der Waals surface area contributed by atoms with E-state index >= 15 is 0 Å². The van der Waals surface area contributed by atoms with E-state index in [9.17, 15) is 9.90 Å². The number of aliphatic carboxylic acids is 1. The highest BCUT2D eigenvalue weighted by molar-refractivity contribution is 5.71. The largest absolute Gasteiger partial charge is 0.481 e. The molecule has 0 spiro atoms. The maximum Gasteiger partial charge on any atom is 0.308 e. The third-order valence-electron chi connectivity index (χ3n) is 4.65. The fourth-order valence-electron chi connectivity index (χ4n) is 3.61. The van der Waals surface area contributed by atoms with Gasteiger partial charge in [-0.05, 0) is 37.8 Å². The van der Waals surface area contributed by atoms with E-state index in [1.807, 2.05) is 0 Å². The van der Waals surface area contributed by atoms with Crippen molar-refractivity contribution in [3.8, 4) is 0 Å². The molecule has 2 fully saturated rings. The lowest BCUT2D eigenvalue weighted by molar-refractivity contribution is -0.142. The van der Waals surface area contributed by atoms with Crippen LogP contribution in [0.1, 0.15) is 33.6 Å². The Labute approximate surface area is 116 Å². The first kappa shape index (κ1) is 14.8. The third-order valence-corrected chi connectivity index (χ3v) is 4.65. The van der Waals surface area contributed by atoms with Crippen LogP contribution < -0.4 is 0 Å². The van der Waals surface area contributed by atoms with E-state index in [1.54, 1.807) is 0 Å². The van der Waals surface area contributed by atoms with Gasteiger partial charge in [0.15, 0.2) is 0 Å². The van der Waals surface area contributed by atoms with Crippen molar-refractivity contribution in [3.05, 3.63) is 0 Å². The zero-order chi connectivity index (χ0) is 14.0. The van der Waals surface area contributed by atoms with Gasteiger partial charge in [0.05, 0.1) is 5.92 Å². The van der Waals surface area contributed by atoms with Crippen molar-refractivity contribution >= 4 is 5.97 Å². The molecule has 4 nitrogen and oxygen atoms in total. The minimum Gasteiger partial charge on any atom is -0.481 e. The molecule has 2 aliphatic heterocycles. The summed E-state index contributed by atoms with van der Waals surface area (Å²) >= 11 is 0. The van der Waals surface area contributed by atoms with Gasteiger partial charge in [0.2, 0.25) is 0 Å². The standard InChI is InChI=1S/C15H28N2O2/c1-11(2)8-16-6-4-13(5-7-16)17-9-12(3)14(10-17)15(18)19/h11-14H,4-10H2,1-3H3,(H,18,19). The van der Waals surface area contributed by atoms with E-state index in [1.165, 1.54) is 32.5 Å². The van der Waals surface area contributed by atoms with Crippen molar-refractivity contribution in [2.24, 2.45) is 17.8 Å². The second-order valence-corrected chi connectivity index (χ2v) is 6.80. The molecule has 2 unspecified atom stereocenters. The van der Waals surface area contributed by atoms with Crippen molar-refractivity contribution in [1.82, 2.24) is 9.80 Å². The smallest absolute Gasteiger partial charge is 0.308 e. The van der Waals surface area contributed by atoms with Gasteiger partial charge in [-0.15, -0.1) is 0 Å². The maximum atomic E-state index is 11.2. The van der Waals surface area contributed by atoms with E-state index in [0.29, 0.717) is 12.0 Å². The maximum absolute atomic E-state index is 11.2. The van der Waals surface area contributed by atoms with Crippen LogP contribution in [0.3, 0.4) is 0 Å². The Morgan fingerprint density at radius 1 is 1.26 bits per heavy atom. The lowest BCUT2D eigenvalue weighted by atomic mass is 9.99. The highest BCUT2D eigenvalue weighted by Gasteiger charge is 2.38. The summed E-state index contributed by atoms with van der Waals surface area (Å²) in [6.45, 7) is 11.9. The highest BCUT2D eigenvalue weighted by Crippen LogP contribution is 2.28. The predicted molar refractivity (Wildman–Crippen MR) is 76.2 cm³/mol. The molecule has 0 radical (unpaired) electrons. The number of likely N-dealkylation sites (tertiary alicyclic amines) is 2. The minimum atomic E-state index is -0.618. The van der Waals surface area contributed by atoms with E-state index in [2.05, 4.69) is 30.6 Å². The molecule has 2 atom stereocenters. The van der Waals surface area contributed by atoms with Gasteiger partial charge in [0.1, 0.15) is 0 Å². The highest BCUT2D eigenvalue weighted by atomic mass is 16.4. The van der Waals surface area contributed by atoms with Gasteiger partial charge in [-0.1, -0.05) is 20.8 Å². The Morgan fingerprint density at radius 3 is 2.37 bits per heavy atom. The number of carboxylic acids is 1. The zero-order valence-corrected chi connectivity index (χ0v) is 12.5. The molecule has 0 aromatic carbocycles. The Hall–Kier alpha value is -0.610. The summed E-state index contributed by atoms with van der Waals surface area (Å²) in [6.07, 6.45) is 2.40. The van der Waals surface area contributed by atoms with Crippen LogP contribution in [0.5, 0.6) is 0 Å². The Kier molecular flexibility index (Phi) is 4.85. The van der Waals surface area contributed by atoms with Crippen LogP contribution >= 0.6 is 0 Å². The van der Waals surface area contributed by atoms with Gasteiger partial charge in [0, 0.05) is 25.7 Å². The number of nitrogens with zero attached hydrogens (tertiary/aromatic N) is 2. The second kappa shape index (κ2) is 6.23. The molecule has 0 aliphatic carbocycles. The molecule has 19 heavy (non-hydrogen) atoms. The molecule has 1 N–H and O–H groups in total. The number of carboxylic acid groups (broad SMARTS) is 1. The van der Waals surface area contributed by atoms with Crippen LogP contribution in [0.2, 0.25) is 0 Å². The van der Waals surface area contributed by atoms with E-state index in [0.717, 1.165) is 19.0 Å². The molecule has 2 aliphatic rings. The average Bonchev–Trinajstić information content (AvgIpc) is 2.71. The van der Waals surface area contributed by atoms with Gasteiger partial charge in [-0.3, -0.25) is 9.69 Å². The van der Waals surface area contributed by atoms with Crippen LogP contribution in [0.4, 0.5) is 0 Å². The number of hydrogen-bond acceptors (Lipinski definition) is 3.